The van der Waals surface area contributed by atoms with Crippen molar-refractivity contribution in [3.8, 4) is 0 Å². The first-order valence-corrected chi connectivity index (χ1v) is 8.54. The molecule has 1 N–H and O–H groups in total. The van der Waals surface area contributed by atoms with Gasteiger partial charge in [0.05, 0.1) is 24.1 Å². The molecule has 1 amide bonds. The smallest absolute Gasteiger partial charge is 0.287 e. The molecule has 0 aliphatic heterocycles. The second-order valence-electron chi connectivity index (χ2n) is 6.19. The van der Waals surface area contributed by atoms with Crippen LogP contribution in [0.15, 0.2) is 70.0 Å². The summed E-state index contributed by atoms with van der Waals surface area (Å²) in [4.78, 5) is 28.7. The minimum atomic E-state index is -0.325. The van der Waals surface area contributed by atoms with Gasteiger partial charge in [-0.3, -0.25) is 9.59 Å². The number of fused-ring (bicyclic) bond motifs is 1. The highest BCUT2D eigenvalue weighted by Crippen LogP contribution is 2.14. The minimum absolute atomic E-state index is 0.123. The Kier molecular flexibility index (Phi) is 4.33. The molecule has 0 atom stereocenters. The molecule has 4 aromatic rings. The number of nitrogens with zero attached hydrogens (tertiary/aromatic N) is 3. The van der Waals surface area contributed by atoms with Gasteiger partial charge in [0.25, 0.3) is 11.5 Å². The molecule has 0 aliphatic carbocycles. The van der Waals surface area contributed by atoms with Crippen LogP contribution in [0, 0.1) is 0 Å². The summed E-state index contributed by atoms with van der Waals surface area (Å²) in [7, 11) is 1.92. The molecule has 0 saturated heterocycles. The van der Waals surface area contributed by atoms with Crippen LogP contribution < -0.4 is 10.9 Å². The summed E-state index contributed by atoms with van der Waals surface area (Å²) >= 11 is 0. The number of hydrogen-bond acceptors (Lipinski definition) is 4. The van der Waals surface area contributed by atoms with Crippen LogP contribution in [0.1, 0.15) is 22.1 Å². The van der Waals surface area contributed by atoms with Crippen molar-refractivity contribution in [1.29, 1.82) is 0 Å². The summed E-state index contributed by atoms with van der Waals surface area (Å²) < 4.78 is 9.05. The summed E-state index contributed by atoms with van der Waals surface area (Å²) in [6.45, 7) is 0.565. The van der Waals surface area contributed by atoms with Crippen LogP contribution >= 0.6 is 0 Å². The number of aryl methyl sites for hydroxylation is 1. The van der Waals surface area contributed by atoms with Crippen molar-refractivity contribution >= 4 is 16.9 Å². The number of aromatic nitrogens is 3. The molecule has 0 spiro atoms. The van der Waals surface area contributed by atoms with Crippen LogP contribution in [0.2, 0.25) is 0 Å². The number of furan rings is 1. The fourth-order valence-corrected chi connectivity index (χ4v) is 2.94. The molecule has 0 fully saturated rings. The molecular weight excluding hydrogens is 344 g/mol. The number of benzene rings is 1. The number of hydrogen-bond donors (Lipinski definition) is 1. The van der Waals surface area contributed by atoms with Gasteiger partial charge in [0, 0.05) is 19.3 Å². The van der Waals surface area contributed by atoms with E-state index in [9.17, 15) is 9.59 Å². The van der Waals surface area contributed by atoms with E-state index in [2.05, 4.69) is 10.3 Å². The summed E-state index contributed by atoms with van der Waals surface area (Å²) in [5, 5.41) is 2.82. The molecule has 1 aromatic carbocycles. The van der Waals surface area contributed by atoms with Gasteiger partial charge in [0.15, 0.2) is 5.76 Å². The Hall–Kier alpha value is -3.61. The zero-order valence-corrected chi connectivity index (χ0v) is 14.8. The van der Waals surface area contributed by atoms with E-state index in [0.29, 0.717) is 5.76 Å². The number of carbonyl (C=O) groups excluding carboxylic acids is 1. The maximum atomic E-state index is 12.4. The van der Waals surface area contributed by atoms with E-state index >= 15 is 0 Å². The van der Waals surface area contributed by atoms with E-state index in [-0.39, 0.29) is 30.3 Å². The summed E-state index contributed by atoms with van der Waals surface area (Å²) in [6, 6.07) is 16.0. The lowest BCUT2D eigenvalue weighted by molar-refractivity contribution is 0.0920. The van der Waals surface area contributed by atoms with Crippen LogP contribution in [0.4, 0.5) is 0 Å². The van der Waals surface area contributed by atoms with Crippen molar-refractivity contribution in [2.45, 2.75) is 13.1 Å². The Labute approximate surface area is 154 Å². The number of carbonyl (C=O) groups is 1. The fraction of sp³-hybridized carbons (Fsp3) is 0.150. The highest BCUT2D eigenvalue weighted by molar-refractivity contribution is 5.91. The Morgan fingerprint density at radius 1 is 1.11 bits per heavy atom. The molecule has 0 radical (unpaired) electrons. The van der Waals surface area contributed by atoms with Gasteiger partial charge in [0.2, 0.25) is 0 Å². The number of amides is 1. The van der Waals surface area contributed by atoms with Crippen molar-refractivity contribution in [3.63, 3.8) is 0 Å². The monoisotopic (exact) mass is 362 g/mol. The SMILES string of the molecule is Cn1c(CNC(=O)c2ccc(Cn3ccccc3=O)o2)nc2ccccc21. The molecule has 0 unspecified atom stereocenters. The topological polar surface area (TPSA) is 82.1 Å². The fourth-order valence-electron chi connectivity index (χ4n) is 2.94. The standard InChI is InChI=1S/C20H18N4O3/c1-23-16-7-3-2-6-15(16)22-18(23)12-21-20(26)17-10-9-14(27-17)13-24-11-5-4-8-19(24)25/h2-11H,12-13H2,1H3,(H,21,26). The quantitative estimate of drug-likeness (QED) is 0.591. The molecule has 7 nitrogen and oxygen atoms in total. The lowest BCUT2D eigenvalue weighted by Gasteiger charge is -2.04. The highest BCUT2D eigenvalue weighted by Gasteiger charge is 2.13. The predicted molar refractivity (Wildman–Crippen MR) is 100 cm³/mol. The lowest BCUT2D eigenvalue weighted by atomic mass is 10.3. The van der Waals surface area contributed by atoms with Crippen molar-refractivity contribution in [2.75, 3.05) is 0 Å². The van der Waals surface area contributed by atoms with E-state index in [0.717, 1.165) is 16.9 Å². The van der Waals surface area contributed by atoms with Crippen LogP contribution in [0.25, 0.3) is 11.0 Å². The first-order chi connectivity index (χ1) is 13.1. The second kappa shape index (κ2) is 6.95. The number of nitrogens with one attached hydrogen (secondary N) is 1. The van der Waals surface area contributed by atoms with E-state index < -0.39 is 0 Å². The van der Waals surface area contributed by atoms with E-state index in [1.807, 2.05) is 35.9 Å². The van der Waals surface area contributed by atoms with Gasteiger partial charge in [-0.2, -0.15) is 0 Å². The van der Waals surface area contributed by atoms with Gasteiger partial charge in [0.1, 0.15) is 11.6 Å². The van der Waals surface area contributed by atoms with Gasteiger partial charge in [-0.1, -0.05) is 18.2 Å². The number of imidazole rings is 1. The average Bonchev–Trinajstić information content (AvgIpc) is 3.27. The largest absolute Gasteiger partial charge is 0.454 e. The second-order valence-corrected chi connectivity index (χ2v) is 6.19. The normalized spacial score (nSPS) is 11.0. The first kappa shape index (κ1) is 16.8. The van der Waals surface area contributed by atoms with E-state index in [1.165, 1.54) is 10.6 Å². The van der Waals surface area contributed by atoms with Crippen molar-refractivity contribution in [3.05, 3.63) is 88.5 Å². The third kappa shape index (κ3) is 3.39. The Balaban J connectivity index is 1.44. The van der Waals surface area contributed by atoms with Crippen LogP contribution in [0.3, 0.4) is 0 Å². The molecule has 7 heteroatoms. The summed E-state index contributed by atoms with van der Waals surface area (Å²) in [6.07, 6.45) is 1.68. The molecule has 27 heavy (non-hydrogen) atoms. The van der Waals surface area contributed by atoms with E-state index in [4.69, 9.17) is 4.42 Å². The zero-order valence-electron chi connectivity index (χ0n) is 14.8. The Bertz CT molecular complexity index is 1170. The molecule has 3 aromatic heterocycles. The van der Waals surface area contributed by atoms with Crippen molar-refractivity contribution in [1.82, 2.24) is 19.4 Å². The molecule has 4 rings (SSSR count). The van der Waals surface area contributed by atoms with Gasteiger partial charge in [-0.05, 0) is 30.3 Å². The number of rotatable bonds is 5. The number of pyridine rings is 1. The van der Waals surface area contributed by atoms with Gasteiger partial charge in [-0.25, -0.2) is 4.98 Å². The van der Waals surface area contributed by atoms with Gasteiger partial charge >= 0.3 is 0 Å². The molecule has 0 saturated carbocycles. The third-order valence-corrected chi connectivity index (χ3v) is 4.40. The highest BCUT2D eigenvalue weighted by atomic mass is 16.4. The lowest BCUT2D eigenvalue weighted by Crippen LogP contribution is -2.24. The van der Waals surface area contributed by atoms with Crippen LogP contribution in [-0.2, 0) is 20.1 Å². The molecule has 3 heterocycles. The van der Waals surface area contributed by atoms with Crippen LogP contribution in [-0.4, -0.2) is 20.0 Å². The molecular formula is C20H18N4O3. The van der Waals surface area contributed by atoms with Gasteiger partial charge in [-0.15, -0.1) is 0 Å². The van der Waals surface area contributed by atoms with Gasteiger partial charge < -0.3 is 18.9 Å². The summed E-state index contributed by atoms with van der Waals surface area (Å²) in [5.41, 5.74) is 1.77. The van der Waals surface area contributed by atoms with E-state index in [1.54, 1.807) is 30.5 Å². The molecule has 136 valence electrons. The minimum Gasteiger partial charge on any atom is -0.454 e. The summed E-state index contributed by atoms with van der Waals surface area (Å²) in [5.74, 6) is 1.17. The molecule has 0 bridgehead atoms. The van der Waals surface area contributed by atoms with Crippen molar-refractivity contribution < 1.29 is 9.21 Å². The Morgan fingerprint density at radius 3 is 2.74 bits per heavy atom. The Morgan fingerprint density at radius 2 is 1.93 bits per heavy atom. The molecule has 0 aliphatic rings. The first-order valence-electron chi connectivity index (χ1n) is 8.54. The van der Waals surface area contributed by atoms with Crippen molar-refractivity contribution in [2.24, 2.45) is 7.05 Å². The predicted octanol–water partition coefficient (Wildman–Crippen LogP) is 2.31. The average molecular weight is 362 g/mol. The van der Waals surface area contributed by atoms with Crippen LogP contribution in [0.5, 0.6) is 0 Å². The maximum absolute atomic E-state index is 12.4. The maximum Gasteiger partial charge on any atom is 0.287 e. The number of para-hydroxylation sites is 2. The zero-order chi connectivity index (χ0) is 18.8. The third-order valence-electron chi connectivity index (χ3n) is 4.40.